The molecule has 29 heavy (non-hydrogen) atoms. The third kappa shape index (κ3) is 3.98. The molecule has 0 unspecified atom stereocenters. The maximum atomic E-state index is 13.1. The molecule has 2 N–H and O–H groups in total. The van der Waals surface area contributed by atoms with Gasteiger partial charge in [0.2, 0.25) is 10.0 Å². The number of nitrogens with zero attached hydrogens (tertiary/aromatic N) is 1. The number of anilines is 1. The van der Waals surface area contributed by atoms with Crippen molar-refractivity contribution in [3.05, 3.63) is 53.9 Å². The van der Waals surface area contributed by atoms with Gasteiger partial charge in [0.1, 0.15) is 11.4 Å². The number of hydrogen-bond acceptors (Lipinski definition) is 5. The van der Waals surface area contributed by atoms with Gasteiger partial charge in [-0.2, -0.15) is 0 Å². The number of fused-ring (bicyclic) bond motifs is 1. The Balaban J connectivity index is 1.61. The molecular weight excluding hydrogens is 390 g/mol. The molecule has 0 saturated heterocycles. The molecule has 2 heterocycles. The Bertz CT molecular complexity index is 1150. The molecule has 0 bridgehead atoms. The molecule has 1 saturated carbocycles. The van der Waals surface area contributed by atoms with E-state index in [0.29, 0.717) is 46.4 Å². The number of methoxy groups -OCH3 is 1. The fraction of sp³-hybridized carbons (Fsp3) is 0.333. The molecule has 0 radical (unpaired) electrons. The lowest BCUT2D eigenvalue weighted by Gasteiger charge is -2.22. The zero-order valence-corrected chi connectivity index (χ0v) is 17.0. The van der Waals surface area contributed by atoms with Crippen molar-refractivity contribution < 1.29 is 17.9 Å². The van der Waals surface area contributed by atoms with E-state index in [1.165, 1.54) is 0 Å². The Morgan fingerprint density at radius 2 is 2.00 bits per heavy atom. The summed E-state index contributed by atoms with van der Waals surface area (Å²) in [6.45, 7) is 0. The summed E-state index contributed by atoms with van der Waals surface area (Å²) >= 11 is 0. The average Bonchev–Trinajstić information content (AvgIpc) is 3.17. The van der Waals surface area contributed by atoms with E-state index in [0.717, 1.165) is 19.3 Å². The van der Waals surface area contributed by atoms with Crippen molar-refractivity contribution in [2.24, 2.45) is 0 Å². The Morgan fingerprint density at radius 3 is 2.76 bits per heavy atom. The zero-order valence-electron chi connectivity index (χ0n) is 16.1. The molecule has 1 aliphatic carbocycles. The molecule has 3 aromatic rings. The lowest BCUT2D eigenvalue weighted by Crippen LogP contribution is -2.29. The number of aromatic amines is 1. The van der Waals surface area contributed by atoms with Crippen molar-refractivity contribution in [2.75, 3.05) is 11.8 Å². The van der Waals surface area contributed by atoms with Gasteiger partial charge in [-0.1, -0.05) is 31.4 Å². The number of ether oxygens (including phenoxy) is 1. The third-order valence-corrected chi connectivity index (χ3v) is 7.23. The number of sulfonamides is 1. The molecule has 0 amide bonds. The smallest absolute Gasteiger partial charge is 0.235 e. The van der Waals surface area contributed by atoms with Crippen molar-refractivity contribution in [3.63, 3.8) is 0 Å². The highest BCUT2D eigenvalue weighted by atomic mass is 32.2. The summed E-state index contributed by atoms with van der Waals surface area (Å²) in [7, 11) is -1.93. The highest BCUT2D eigenvalue weighted by Crippen LogP contribution is 2.27. The van der Waals surface area contributed by atoms with Gasteiger partial charge >= 0.3 is 0 Å². The average molecular weight is 413 g/mol. The Kier molecular flexibility index (Phi) is 5.27. The van der Waals surface area contributed by atoms with Crippen LogP contribution in [0.25, 0.3) is 11.0 Å². The number of hydrogen-bond donors (Lipinski definition) is 2. The summed E-state index contributed by atoms with van der Waals surface area (Å²) in [4.78, 5) is 20.3. The van der Waals surface area contributed by atoms with E-state index in [1.807, 2.05) is 0 Å². The van der Waals surface area contributed by atoms with Crippen molar-refractivity contribution in [1.82, 2.24) is 9.97 Å². The van der Waals surface area contributed by atoms with Crippen LogP contribution in [0.3, 0.4) is 0 Å². The number of rotatable bonds is 6. The fourth-order valence-electron chi connectivity index (χ4n) is 3.79. The molecule has 0 atom stereocenters. The van der Waals surface area contributed by atoms with E-state index >= 15 is 0 Å². The number of aromatic nitrogens is 2. The van der Waals surface area contributed by atoms with Gasteiger partial charge in [-0.05, 0) is 31.0 Å². The number of carbonyl (C=O) groups is 1. The molecule has 152 valence electrons. The quantitative estimate of drug-likeness (QED) is 0.597. The second-order valence-corrected chi connectivity index (χ2v) is 9.25. The normalized spacial score (nSPS) is 15.3. The van der Waals surface area contributed by atoms with E-state index in [1.54, 1.807) is 49.8 Å². The van der Waals surface area contributed by atoms with Gasteiger partial charge < -0.3 is 9.72 Å². The van der Waals surface area contributed by atoms with Gasteiger partial charge in [-0.15, -0.1) is 0 Å². The van der Waals surface area contributed by atoms with Crippen LogP contribution in [0.15, 0.2) is 42.7 Å². The number of benzene rings is 1. The van der Waals surface area contributed by atoms with Crippen LogP contribution < -0.4 is 9.46 Å². The Labute approximate surface area is 169 Å². The van der Waals surface area contributed by atoms with Gasteiger partial charge in [0, 0.05) is 28.4 Å². The van der Waals surface area contributed by atoms with Crippen LogP contribution >= 0.6 is 0 Å². The number of pyridine rings is 1. The van der Waals surface area contributed by atoms with Crippen LogP contribution in [0.5, 0.6) is 5.75 Å². The summed E-state index contributed by atoms with van der Waals surface area (Å²) < 4.78 is 33.2. The van der Waals surface area contributed by atoms with Crippen LogP contribution in [0.4, 0.5) is 5.69 Å². The third-order valence-electron chi connectivity index (χ3n) is 5.36. The van der Waals surface area contributed by atoms with Crippen LogP contribution in [0.2, 0.25) is 0 Å². The largest absolute Gasteiger partial charge is 0.495 e. The predicted octanol–water partition coefficient (Wildman–Crippen LogP) is 3.88. The minimum Gasteiger partial charge on any atom is -0.495 e. The second-order valence-electron chi connectivity index (χ2n) is 7.29. The Hall–Kier alpha value is -2.87. The van der Waals surface area contributed by atoms with Crippen LogP contribution in [0, 0.1) is 0 Å². The Morgan fingerprint density at radius 1 is 1.21 bits per heavy atom. The van der Waals surface area contributed by atoms with Crippen molar-refractivity contribution in [3.8, 4) is 5.75 Å². The lowest BCUT2D eigenvalue weighted by atomic mass is 10.0. The van der Waals surface area contributed by atoms with Gasteiger partial charge in [0.25, 0.3) is 0 Å². The highest BCUT2D eigenvalue weighted by Gasteiger charge is 2.27. The first-order valence-electron chi connectivity index (χ1n) is 9.65. The fourth-order valence-corrected chi connectivity index (χ4v) is 5.36. The molecule has 1 aromatic carbocycles. The molecule has 0 aliphatic heterocycles. The van der Waals surface area contributed by atoms with Crippen LogP contribution in [-0.4, -0.2) is 36.5 Å². The molecule has 2 aromatic heterocycles. The van der Waals surface area contributed by atoms with Crippen LogP contribution in [0.1, 0.15) is 48.0 Å². The number of H-pyrrole nitrogens is 1. The van der Waals surface area contributed by atoms with Gasteiger partial charge in [-0.3, -0.25) is 9.52 Å². The summed E-state index contributed by atoms with van der Waals surface area (Å²) in [6, 6.07) is 8.35. The van der Waals surface area contributed by atoms with Crippen molar-refractivity contribution in [1.29, 1.82) is 0 Å². The van der Waals surface area contributed by atoms with Crippen LogP contribution in [-0.2, 0) is 10.0 Å². The minimum absolute atomic E-state index is 0.218. The van der Waals surface area contributed by atoms with Crippen molar-refractivity contribution in [2.45, 2.75) is 37.4 Å². The molecule has 1 aliphatic rings. The van der Waals surface area contributed by atoms with E-state index in [2.05, 4.69) is 14.7 Å². The van der Waals surface area contributed by atoms with E-state index in [9.17, 15) is 13.2 Å². The predicted molar refractivity (Wildman–Crippen MR) is 112 cm³/mol. The van der Waals surface area contributed by atoms with E-state index in [4.69, 9.17) is 4.74 Å². The second kappa shape index (κ2) is 7.87. The monoisotopic (exact) mass is 413 g/mol. The first-order valence-corrected chi connectivity index (χ1v) is 11.2. The molecule has 0 spiro atoms. The van der Waals surface area contributed by atoms with E-state index < -0.39 is 10.0 Å². The lowest BCUT2D eigenvalue weighted by molar-refractivity contribution is 0.104. The van der Waals surface area contributed by atoms with Crippen molar-refractivity contribution >= 4 is 32.5 Å². The zero-order chi connectivity index (χ0) is 20.4. The summed E-state index contributed by atoms with van der Waals surface area (Å²) in [5, 5.41) is 0.283. The summed E-state index contributed by atoms with van der Waals surface area (Å²) in [5.74, 6) is 0.338. The first kappa shape index (κ1) is 19.4. The number of nitrogens with one attached hydrogen (secondary N) is 2. The standard InChI is InChI=1S/C21H23N3O4S/c1-28-16-11-18-19(13-23-21(18)22-12-16)20(25)14-6-5-7-15(10-14)24-29(26,27)17-8-3-2-4-9-17/h5-7,10-13,17,24H,2-4,8-9H2,1H3,(H,22,23). The van der Waals surface area contributed by atoms with E-state index in [-0.39, 0.29) is 11.0 Å². The van der Waals surface area contributed by atoms with Gasteiger partial charge in [0.15, 0.2) is 5.78 Å². The minimum atomic E-state index is -3.47. The summed E-state index contributed by atoms with van der Waals surface area (Å²) in [6.07, 6.45) is 7.49. The highest BCUT2D eigenvalue weighted by molar-refractivity contribution is 7.93. The number of ketones is 1. The SMILES string of the molecule is COc1cnc2[nH]cc(C(=O)c3cccc(NS(=O)(=O)C4CCCCC4)c3)c2c1. The molecule has 7 nitrogen and oxygen atoms in total. The maximum Gasteiger partial charge on any atom is 0.235 e. The molecule has 1 fully saturated rings. The molecular formula is C21H23N3O4S. The summed E-state index contributed by atoms with van der Waals surface area (Å²) in [5.41, 5.74) is 1.84. The topological polar surface area (TPSA) is 101 Å². The molecule has 8 heteroatoms. The first-order chi connectivity index (χ1) is 14.0. The van der Waals surface area contributed by atoms with Gasteiger partial charge in [0.05, 0.1) is 18.6 Å². The van der Waals surface area contributed by atoms with Gasteiger partial charge in [-0.25, -0.2) is 13.4 Å². The number of carbonyl (C=O) groups excluding carboxylic acids is 1. The maximum absolute atomic E-state index is 13.1. The molecule has 4 rings (SSSR count).